The highest BCUT2D eigenvalue weighted by Gasteiger charge is 2.54. The van der Waals surface area contributed by atoms with Gasteiger partial charge in [-0.2, -0.15) is 0 Å². The molecule has 112 valence electrons. The van der Waals surface area contributed by atoms with Crippen molar-refractivity contribution in [2.45, 2.75) is 50.0 Å². The number of carboxylic acids is 1. The van der Waals surface area contributed by atoms with Crippen LogP contribution in [-0.2, 0) is 14.3 Å². The van der Waals surface area contributed by atoms with E-state index in [2.05, 4.69) is 0 Å². The number of carboxylic acid groups (broad SMARTS) is 1. The number of rotatable bonds is 6. The molecule has 1 fully saturated rings. The van der Waals surface area contributed by atoms with Gasteiger partial charge in [0, 0.05) is 6.42 Å². The summed E-state index contributed by atoms with van der Waals surface area (Å²) in [5.41, 5.74) is 0. The predicted molar refractivity (Wildman–Crippen MR) is 61.2 cm³/mol. The van der Waals surface area contributed by atoms with Gasteiger partial charge < -0.3 is 35.0 Å². The molecule has 1 aliphatic heterocycles. The van der Waals surface area contributed by atoms with Crippen molar-refractivity contribution in [2.24, 2.45) is 0 Å². The molecule has 0 saturated carbocycles. The molecule has 1 saturated heterocycles. The van der Waals surface area contributed by atoms with Gasteiger partial charge in [-0.3, -0.25) is 0 Å². The fourth-order valence-corrected chi connectivity index (χ4v) is 1.92. The minimum absolute atomic E-state index is 0.0804. The third kappa shape index (κ3) is 3.41. The van der Waals surface area contributed by atoms with Crippen molar-refractivity contribution in [3.8, 4) is 0 Å². The second kappa shape index (κ2) is 6.60. The average molecular weight is 280 g/mol. The second-order valence-electron chi connectivity index (χ2n) is 4.50. The van der Waals surface area contributed by atoms with Gasteiger partial charge in [-0.05, 0) is 6.42 Å². The van der Waals surface area contributed by atoms with Crippen LogP contribution in [0.1, 0.15) is 19.8 Å². The Kier molecular flexibility index (Phi) is 5.65. The Morgan fingerprint density at radius 2 is 2.16 bits per heavy atom. The number of carbonyl (C=O) groups is 1. The summed E-state index contributed by atoms with van der Waals surface area (Å²) in [6, 6.07) is 0. The van der Waals surface area contributed by atoms with Crippen LogP contribution in [0.5, 0.6) is 0 Å². The lowest BCUT2D eigenvalue weighted by Gasteiger charge is -2.43. The van der Waals surface area contributed by atoms with Gasteiger partial charge in [-0.1, -0.05) is 6.92 Å². The summed E-state index contributed by atoms with van der Waals surface area (Å²) in [6.45, 7) is 1.11. The van der Waals surface area contributed by atoms with Crippen molar-refractivity contribution < 1.29 is 39.8 Å². The topological polar surface area (TPSA) is 137 Å². The van der Waals surface area contributed by atoms with E-state index in [0.29, 0.717) is 6.42 Å². The number of ether oxygens (including phenoxy) is 2. The molecule has 0 amide bonds. The molecule has 8 heteroatoms. The summed E-state index contributed by atoms with van der Waals surface area (Å²) < 4.78 is 10.3. The quantitative estimate of drug-likeness (QED) is 0.379. The molecule has 5 N–H and O–H groups in total. The van der Waals surface area contributed by atoms with Crippen molar-refractivity contribution in [1.29, 1.82) is 0 Å². The SMILES string of the molecule is CCCO[C@]1(C(=O)O)C[C@@H](O)[C@@H](O)[C@@H]([C@@H](O)CO)O1. The summed E-state index contributed by atoms with van der Waals surface area (Å²) in [5.74, 6) is -3.59. The highest BCUT2D eigenvalue weighted by Crippen LogP contribution is 2.32. The van der Waals surface area contributed by atoms with Gasteiger partial charge in [0.2, 0.25) is 0 Å². The number of hydrogen-bond acceptors (Lipinski definition) is 7. The molecule has 0 spiro atoms. The van der Waals surface area contributed by atoms with E-state index in [1.54, 1.807) is 6.92 Å². The van der Waals surface area contributed by atoms with Crippen LogP contribution in [0, 0.1) is 0 Å². The number of aliphatic carboxylic acids is 1. The van der Waals surface area contributed by atoms with Crippen molar-refractivity contribution in [3.63, 3.8) is 0 Å². The molecule has 0 aromatic carbocycles. The Balaban J connectivity index is 2.96. The Bertz CT molecular complexity index is 309. The lowest BCUT2D eigenvalue weighted by molar-refractivity contribution is -0.323. The summed E-state index contributed by atoms with van der Waals surface area (Å²) in [7, 11) is 0. The van der Waals surface area contributed by atoms with E-state index in [9.17, 15) is 25.2 Å². The lowest BCUT2D eigenvalue weighted by Crippen LogP contribution is -2.62. The lowest BCUT2D eigenvalue weighted by atomic mass is 9.92. The highest BCUT2D eigenvalue weighted by atomic mass is 16.7. The monoisotopic (exact) mass is 280 g/mol. The zero-order valence-corrected chi connectivity index (χ0v) is 10.6. The van der Waals surface area contributed by atoms with Crippen molar-refractivity contribution in [3.05, 3.63) is 0 Å². The maximum atomic E-state index is 11.3. The van der Waals surface area contributed by atoms with Gasteiger partial charge in [-0.25, -0.2) is 4.79 Å². The molecule has 0 aromatic heterocycles. The minimum Gasteiger partial charge on any atom is -0.477 e. The molecule has 5 atom stereocenters. The maximum Gasteiger partial charge on any atom is 0.364 e. The zero-order valence-electron chi connectivity index (χ0n) is 10.6. The smallest absolute Gasteiger partial charge is 0.364 e. The Morgan fingerprint density at radius 3 is 2.63 bits per heavy atom. The van der Waals surface area contributed by atoms with Crippen LogP contribution in [0.2, 0.25) is 0 Å². The first-order chi connectivity index (χ1) is 8.88. The van der Waals surface area contributed by atoms with Crippen LogP contribution in [0.25, 0.3) is 0 Å². The number of hydrogen-bond donors (Lipinski definition) is 5. The number of aliphatic hydroxyl groups excluding tert-OH is 4. The van der Waals surface area contributed by atoms with Crippen LogP contribution < -0.4 is 0 Å². The largest absolute Gasteiger partial charge is 0.477 e. The molecule has 1 aliphatic rings. The van der Waals surface area contributed by atoms with Crippen LogP contribution in [0.3, 0.4) is 0 Å². The van der Waals surface area contributed by atoms with Gasteiger partial charge >= 0.3 is 5.97 Å². The van der Waals surface area contributed by atoms with E-state index < -0.39 is 49.2 Å². The van der Waals surface area contributed by atoms with Gasteiger partial charge in [0.25, 0.3) is 5.79 Å². The first-order valence-corrected chi connectivity index (χ1v) is 6.08. The Hall–Kier alpha value is -0.770. The molecular weight excluding hydrogens is 260 g/mol. The second-order valence-corrected chi connectivity index (χ2v) is 4.50. The zero-order chi connectivity index (χ0) is 14.6. The van der Waals surface area contributed by atoms with E-state index in [1.807, 2.05) is 0 Å². The molecule has 0 aromatic rings. The van der Waals surface area contributed by atoms with E-state index in [0.717, 1.165) is 0 Å². The summed E-state index contributed by atoms with van der Waals surface area (Å²) in [6.07, 6.45) is -5.83. The highest BCUT2D eigenvalue weighted by molar-refractivity contribution is 5.76. The summed E-state index contributed by atoms with van der Waals surface area (Å²) >= 11 is 0. The maximum absolute atomic E-state index is 11.3. The molecule has 0 aliphatic carbocycles. The van der Waals surface area contributed by atoms with E-state index >= 15 is 0 Å². The van der Waals surface area contributed by atoms with Crippen molar-refractivity contribution in [2.75, 3.05) is 13.2 Å². The summed E-state index contributed by atoms with van der Waals surface area (Å²) in [5, 5.41) is 47.0. The van der Waals surface area contributed by atoms with Crippen LogP contribution in [0.4, 0.5) is 0 Å². The molecule has 19 heavy (non-hydrogen) atoms. The molecule has 8 nitrogen and oxygen atoms in total. The van der Waals surface area contributed by atoms with E-state index in [-0.39, 0.29) is 6.61 Å². The van der Waals surface area contributed by atoms with Gasteiger partial charge in [-0.15, -0.1) is 0 Å². The van der Waals surface area contributed by atoms with E-state index in [4.69, 9.17) is 14.6 Å². The third-order valence-electron chi connectivity index (χ3n) is 2.97. The van der Waals surface area contributed by atoms with Crippen LogP contribution in [-0.4, -0.2) is 74.9 Å². The molecule has 0 unspecified atom stereocenters. The fraction of sp³-hybridized carbons (Fsp3) is 0.909. The van der Waals surface area contributed by atoms with Crippen LogP contribution >= 0.6 is 0 Å². The molecular formula is C11H20O8. The molecule has 1 rings (SSSR count). The normalized spacial score (nSPS) is 37.0. The first kappa shape index (κ1) is 16.3. The first-order valence-electron chi connectivity index (χ1n) is 6.08. The fourth-order valence-electron chi connectivity index (χ4n) is 1.92. The van der Waals surface area contributed by atoms with Crippen molar-refractivity contribution >= 4 is 5.97 Å². The molecule has 0 radical (unpaired) electrons. The van der Waals surface area contributed by atoms with Crippen LogP contribution in [0.15, 0.2) is 0 Å². The van der Waals surface area contributed by atoms with Gasteiger partial charge in [0.05, 0.1) is 19.3 Å². The predicted octanol–water partition coefficient (Wildman–Crippen LogP) is -1.94. The Labute approximate surface area is 110 Å². The summed E-state index contributed by atoms with van der Waals surface area (Å²) in [4.78, 5) is 11.3. The minimum atomic E-state index is -2.13. The number of aliphatic hydroxyl groups is 4. The molecule has 0 bridgehead atoms. The van der Waals surface area contributed by atoms with Crippen molar-refractivity contribution in [1.82, 2.24) is 0 Å². The van der Waals surface area contributed by atoms with E-state index in [1.165, 1.54) is 0 Å². The van der Waals surface area contributed by atoms with Gasteiger partial charge in [0.15, 0.2) is 0 Å². The standard InChI is InChI=1S/C11H20O8/c1-2-3-18-11(10(16)17)4-6(13)8(15)9(19-11)7(14)5-12/h6-9,12-15H,2-5H2,1H3,(H,16,17)/t6-,7+,8-,9-,11-/m1/s1. The molecule has 1 heterocycles. The van der Waals surface area contributed by atoms with Gasteiger partial charge in [0.1, 0.15) is 18.3 Å². The average Bonchev–Trinajstić information content (AvgIpc) is 2.38. The third-order valence-corrected chi connectivity index (χ3v) is 2.97. The Morgan fingerprint density at radius 1 is 1.53 bits per heavy atom.